The molecule has 0 atom stereocenters. The van der Waals surface area contributed by atoms with Crippen LogP contribution in [-0.2, 0) is 6.54 Å². The zero-order valence-electron chi connectivity index (χ0n) is 15.3. The first-order chi connectivity index (χ1) is 12.2. The van der Waals surface area contributed by atoms with Crippen LogP contribution in [0.3, 0.4) is 0 Å². The first-order valence-corrected chi connectivity index (χ1v) is 9.20. The lowest BCUT2D eigenvalue weighted by Gasteiger charge is -2.13. The minimum atomic E-state index is -0.146. The van der Waals surface area contributed by atoms with Gasteiger partial charge in [0.2, 0.25) is 0 Å². The van der Waals surface area contributed by atoms with Gasteiger partial charge >= 0.3 is 0 Å². The minimum absolute atomic E-state index is 0.146. The highest BCUT2D eigenvalue weighted by Crippen LogP contribution is 2.26. The molecule has 0 aliphatic heterocycles. The lowest BCUT2D eigenvalue weighted by molar-refractivity contribution is 0.0958. The maximum absolute atomic E-state index is 12.5. The molecule has 0 bridgehead atoms. The molecule has 0 radical (unpaired) electrons. The van der Waals surface area contributed by atoms with E-state index in [0.29, 0.717) is 12.1 Å². The van der Waals surface area contributed by atoms with Gasteiger partial charge in [0.25, 0.3) is 5.91 Å². The average Bonchev–Trinajstić information content (AvgIpc) is 3.03. The molecule has 0 aliphatic rings. The Labute approximate surface area is 149 Å². The van der Waals surface area contributed by atoms with Crippen LogP contribution in [0.1, 0.15) is 56.3 Å². The summed E-state index contributed by atoms with van der Waals surface area (Å²) in [6, 6.07) is 0. The van der Waals surface area contributed by atoms with Crippen molar-refractivity contribution in [2.75, 3.05) is 18.4 Å². The van der Waals surface area contributed by atoms with Gasteiger partial charge in [0.15, 0.2) is 5.65 Å². The van der Waals surface area contributed by atoms with Crippen LogP contribution in [0.5, 0.6) is 0 Å². The van der Waals surface area contributed by atoms with Crippen LogP contribution in [0.4, 0.5) is 5.69 Å². The van der Waals surface area contributed by atoms with Gasteiger partial charge in [0.05, 0.1) is 22.8 Å². The maximum Gasteiger partial charge on any atom is 0.255 e. The second-order valence-electron chi connectivity index (χ2n) is 6.14. The average molecular weight is 343 g/mol. The highest BCUT2D eigenvalue weighted by molar-refractivity contribution is 6.06. The Morgan fingerprint density at radius 3 is 2.76 bits per heavy atom. The third kappa shape index (κ3) is 4.81. The van der Waals surface area contributed by atoms with Gasteiger partial charge in [-0.2, -0.15) is 5.10 Å². The lowest BCUT2D eigenvalue weighted by atomic mass is 10.1. The largest absolute Gasteiger partial charge is 0.384 e. The number of nitrogens with zero attached hydrogens (tertiary/aromatic N) is 3. The van der Waals surface area contributed by atoms with E-state index in [1.807, 2.05) is 10.9 Å². The summed E-state index contributed by atoms with van der Waals surface area (Å²) in [5, 5.41) is 11.6. The summed E-state index contributed by atoms with van der Waals surface area (Å²) in [7, 11) is 0. The van der Waals surface area contributed by atoms with Crippen LogP contribution in [0.15, 0.2) is 25.0 Å². The van der Waals surface area contributed by atoms with Crippen molar-refractivity contribution in [3.05, 3.63) is 30.6 Å². The van der Waals surface area contributed by atoms with Crippen LogP contribution >= 0.6 is 0 Å². The summed E-state index contributed by atoms with van der Waals surface area (Å²) in [6.07, 6.45) is 10.7. The molecule has 2 rings (SSSR count). The molecule has 1 amide bonds. The van der Waals surface area contributed by atoms with E-state index >= 15 is 0 Å². The molecule has 25 heavy (non-hydrogen) atoms. The lowest BCUT2D eigenvalue weighted by Crippen LogP contribution is -2.24. The molecule has 136 valence electrons. The number of carbonyl (C=O) groups is 1. The van der Waals surface area contributed by atoms with Crippen LogP contribution in [0, 0.1) is 0 Å². The molecule has 0 aromatic carbocycles. The number of aromatic nitrogens is 3. The number of amides is 1. The van der Waals surface area contributed by atoms with Gasteiger partial charge in [-0.3, -0.25) is 4.79 Å². The first-order valence-electron chi connectivity index (χ1n) is 9.20. The van der Waals surface area contributed by atoms with Gasteiger partial charge in [-0.25, -0.2) is 9.67 Å². The van der Waals surface area contributed by atoms with Crippen molar-refractivity contribution < 1.29 is 4.79 Å². The third-order valence-corrected chi connectivity index (χ3v) is 4.12. The summed E-state index contributed by atoms with van der Waals surface area (Å²) in [6.45, 7) is 10.1. The second-order valence-corrected chi connectivity index (χ2v) is 6.14. The van der Waals surface area contributed by atoms with Gasteiger partial charge < -0.3 is 10.6 Å². The van der Waals surface area contributed by atoms with Gasteiger partial charge in [-0.1, -0.05) is 39.2 Å². The van der Waals surface area contributed by atoms with Gasteiger partial charge in [-0.05, 0) is 12.8 Å². The van der Waals surface area contributed by atoms with E-state index in [2.05, 4.69) is 41.1 Å². The van der Waals surface area contributed by atoms with E-state index in [0.717, 1.165) is 49.1 Å². The molecule has 2 aromatic rings. The second kappa shape index (κ2) is 9.81. The van der Waals surface area contributed by atoms with Gasteiger partial charge in [0, 0.05) is 25.8 Å². The molecule has 0 fully saturated rings. The molecular formula is C19H29N5O. The standard InChI is InChI=1S/C19H29N5O/c1-4-7-9-12-24-18-15(14-23-24)17(20-11-8-5-2)16(13-22-18)19(25)21-10-6-3/h6,13-14H,3-5,7-12H2,1-2H3,(H,20,22)(H,21,25). The van der Waals surface area contributed by atoms with Crippen molar-refractivity contribution >= 4 is 22.6 Å². The van der Waals surface area contributed by atoms with E-state index in [1.54, 1.807) is 12.3 Å². The summed E-state index contributed by atoms with van der Waals surface area (Å²) in [5.41, 5.74) is 2.20. The molecule has 0 saturated heterocycles. The van der Waals surface area contributed by atoms with E-state index in [-0.39, 0.29) is 5.91 Å². The number of unbranched alkanes of at least 4 members (excludes halogenated alkanes) is 3. The quantitative estimate of drug-likeness (QED) is 0.481. The van der Waals surface area contributed by atoms with Gasteiger partial charge in [0.1, 0.15) is 0 Å². The fourth-order valence-electron chi connectivity index (χ4n) is 2.71. The molecule has 6 heteroatoms. The molecule has 0 spiro atoms. The van der Waals surface area contributed by atoms with E-state index in [9.17, 15) is 4.79 Å². The smallest absolute Gasteiger partial charge is 0.255 e. The highest BCUT2D eigenvalue weighted by atomic mass is 16.1. The first kappa shape index (κ1) is 19.0. The normalized spacial score (nSPS) is 10.8. The number of hydrogen-bond acceptors (Lipinski definition) is 4. The van der Waals surface area contributed by atoms with Crippen LogP contribution in [-0.4, -0.2) is 33.8 Å². The maximum atomic E-state index is 12.5. The van der Waals surface area contributed by atoms with Crippen LogP contribution in [0.2, 0.25) is 0 Å². The minimum Gasteiger partial charge on any atom is -0.384 e. The Balaban J connectivity index is 2.34. The number of hydrogen-bond donors (Lipinski definition) is 2. The fourth-order valence-corrected chi connectivity index (χ4v) is 2.71. The molecule has 2 heterocycles. The number of nitrogens with one attached hydrogen (secondary N) is 2. The third-order valence-electron chi connectivity index (χ3n) is 4.12. The van der Waals surface area contributed by atoms with E-state index in [1.165, 1.54) is 12.8 Å². The predicted octanol–water partition coefficient (Wildman–Crippen LogP) is 3.75. The highest BCUT2D eigenvalue weighted by Gasteiger charge is 2.17. The van der Waals surface area contributed by atoms with Crippen molar-refractivity contribution in [2.24, 2.45) is 0 Å². The van der Waals surface area contributed by atoms with Crippen molar-refractivity contribution in [3.8, 4) is 0 Å². The Bertz CT molecular complexity index is 707. The van der Waals surface area contributed by atoms with Crippen LogP contribution < -0.4 is 10.6 Å². The number of anilines is 1. The predicted molar refractivity (Wildman–Crippen MR) is 103 cm³/mol. The monoisotopic (exact) mass is 343 g/mol. The molecule has 2 aromatic heterocycles. The fraction of sp³-hybridized carbons (Fsp3) is 0.526. The summed E-state index contributed by atoms with van der Waals surface area (Å²) < 4.78 is 1.93. The van der Waals surface area contributed by atoms with E-state index < -0.39 is 0 Å². The summed E-state index contributed by atoms with van der Waals surface area (Å²) in [5.74, 6) is -0.146. The Morgan fingerprint density at radius 1 is 1.24 bits per heavy atom. The summed E-state index contributed by atoms with van der Waals surface area (Å²) in [4.78, 5) is 17.0. The number of carbonyl (C=O) groups excluding carboxylic acids is 1. The Kier molecular flexibility index (Phi) is 7.44. The molecule has 0 saturated carbocycles. The van der Waals surface area contributed by atoms with Crippen molar-refractivity contribution in [3.63, 3.8) is 0 Å². The van der Waals surface area contributed by atoms with Gasteiger partial charge in [-0.15, -0.1) is 6.58 Å². The van der Waals surface area contributed by atoms with Crippen molar-refractivity contribution in [2.45, 2.75) is 52.5 Å². The van der Waals surface area contributed by atoms with E-state index in [4.69, 9.17) is 0 Å². The molecular weight excluding hydrogens is 314 g/mol. The zero-order valence-corrected chi connectivity index (χ0v) is 15.3. The SMILES string of the molecule is C=CCNC(=O)c1cnc2c(cnn2CCCCC)c1NCCCC. The number of fused-ring (bicyclic) bond motifs is 1. The topological polar surface area (TPSA) is 71.8 Å². The number of aryl methyl sites for hydroxylation is 1. The number of pyridine rings is 1. The zero-order chi connectivity index (χ0) is 18.1. The Hall–Kier alpha value is -2.37. The van der Waals surface area contributed by atoms with Crippen molar-refractivity contribution in [1.82, 2.24) is 20.1 Å². The van der Waals surface area contributed by atoms with Crippen LogP contribution in [0.25, 0.3) is 11.0 Å². The molecule has 6 nitrogen and oxygen atoms in total. The molecule has 2 N–H and O–H groups in total. The molecule has 0 unspecified atom stereocenters. The molecule has 0 aliphatic carbocycles. The van der Waals surface area contributed by atoms with Crippen molar-refractivity contribution in [1.29, 1.82) is 0 Å². The Morgan fingerprint density at radius 2 is 2.04 bits per heavy atom. The summed E-state index contributed by atoms with van der Waals surface area (Å²) >= 11 is 0. The number of rotatable bonds is 11.